The molecule has 0 radical (unpaired) electrons. The molecular formula is C19H20BrN3O4. The molecule has 27 heavy (non-hydrogen) atoms. The number of nitrogens with one attached hydrogen (secondary N) is 2. The van der Waals surface area contributed by atoms with Gasteiger partial charge in [0.2, 0.25) is 5.91 Å². The maximum Gasteiger partial charge on any atom is 0.271 e. The van der Waals surface area contributed by atoms with Gasteiger partial charge < -0.3 is 14.8 Å². The molecule has 0 heterocycles. The van der Waals surface area contributed by atoms with Crippen LogP contribution in [-0.4, -0.2) is 31.7 Å². The normalized spacial score (nSPS) is 10.5. The second kappa shape index (κ2) is 9.72. The minimum atomic E-state index is -0.393. The fourth-order valence-corrected chi connectivity index (χ4v) is 2.92. The van der Waals surface area contributed by atoms with Gasteiger partial charge in [-0.25, -0.2) is 5.43 Å². The first-order chi connectivity index (χ1) is 12.9. The summed E-state index contributed by atoms with van der Waals surface area (Å²) < 4.78 is 11.6. The summed E-state index contributed by atoms with van der Waals surface area (Å²) in [4.78, 5) is 23.3. The monoisotopic (exact) mass is 433 g/mol. The van der Waals surface area contributed by atoms with Crippen molar-refractivity contribution in [1.82, 2.24) is 5.43 Å². The molecule has 0 aliphatic rings. The molecule has 0 spiro atoms. The zero-order valence-corrected chi connectivity index (χ0v) is 16.8. The van der Waals surface area contributed by atoms with Crippen molar-refractivity contribution in [1.29, 1.82) is 0 Å². The average Bonchev–Trinajstić information content (AvgIpc) is 2.61. The predicted octanol–water partition coefficient (Wildman–Crippen LogP) is 3.58. The van der Waals surface area contributed by atoms with Crippen molar-refractivity contribution in [2.24, 2.45) is 5.10 Å². The van der Waals surface area contributed by atoms with Gasteiger partial charge in [0.25, 0.3) is 5.91 Å². The summed E-state index contributed by atoms with van der Waals surface area (Å²) in [6.45, 7) is 3.77. The maximum atomic E-state index is 12.2. The number of ether oxygens (including phenoxy) is 2. The predicted molar refractivity (Wildman–Crippen MR) is 108 cm³/mol. The van der Waals surface area contributed by atoms with Crippen LogP contribution in [0.4, 0.5) is 5.69 Å². The number of hydrogen-bond donors (Lipinski definition) is 2. The Balaban J connectivity index is 2.11. The number of rotatable bonds is 7. The van der Waals surface area contributed by atoms with Crippen molar-refractivity contribution in [2.75, 3.05) is 19.0 Å². The quantitative estimate of drug-likeness (QED) is 0.515. The molecule has 0 saturated carbocycles. The van der Waals surface area contributed by atoms with Crippen LogP contribution >= 0.6 is 15.9 Å². The van der Waals surface area contributed by atoms with Gasteiger partial charge in [0, 0.05) is 18.2 Å². The minimum Gasteiger partial charge on any atom is -0.492 e. The lowest BCUT2D eigenvalue weighted by molar-refractivity contribution is -0.114. The van der Waals surface area contributed by atoms with Crippen LogP contribution in [0.25, 0.3) is 0 Å². The molecular weight excluding hydrogens is 414 g/mol. The van der Waals surface area contributed by atoms with E-state index in [0.29, 0.717) is 33.8 Å². The van der Waals surface area contributed by atoms with Crippen LogP contribution in [-0.2, 0) is 4.79 Å². The molecule has 0 saturated heterocycles. The number of hydrazone groups is 1. The van der Waals surface area contributed by atoms with Crippen LogP contribution in [0.15, 0.2) is 46.0 Å². The topological polar surface area (TPSA) is 89.0 Å². The van der Waals surface area contributed by atoms with Crippen molar-refractivity contribution in [3.63, 3.8) is 0 Å². The molecule has 2 amide bonds. The van der Waals surface area contributed by atoms with Crippen molar-refractivity contribution in [3.05, 3.63) is 52.0 Å². The van der Waals surface area contributed by atoms with Gasteiger partial charge in [-0.15, -0.1) is 0 Å². The highest BCUT2D eigenvalue weighted by Crippen LogP contribution is 2.36. The smallest absolute Gasteiger partial charge is 0.271 e. The van der Waals surface area contributed by atoms with Crippen LogP contribution in [0.2, 0.25) is 0 Å². The zero-order chi connectivity index (χ0) is 19.8. The van der Waals surface area contributed by atoms with E-state index in [9.17, 15) is 9.59 Å². The maximum absolute atomic E-state index is 12.2. The van der Waals surface area contributed by atoms with Gasteiger partial charge in [0.1, 0.15) is 0 Å². The molecule has 2 aromatic rings. The summed E-state index contributed by atoms with van der Waals surface area (Å²) in [6, 6.07) is 10.1. The van der Waals surface area contributed by atoms with E-state index in [0.717, 1.165) is 5.56 Å². The number of carbonyl (C=O) groups is 2. The Morgan fingerprint density at radius 2 is 2.04 bits per heavy atom. The minimum absolute atomic E-state index is 0.208. The highest BCUT2D eigenvalue weighted by atomic mass is 79.9. The Kier molecular flexibility index (Phi) is 7.36. The number of benzene rings is 2. The Morgan fingerprint density at radius 3 is 2.70 bits per heavy atom. The standard InChI is InChI=1S/C19H20BrN3O4/c1-4-27-17-9-13(8-16(20)18(17)26-3)11-21-23-19(25)14-6-5-7-15(10-14)22-12(2)24/h5-11H,4H2,1-3H3,(H,22,24)(H,23,25)/b21-11-. The molecule has 0 aliphatic heterocycles. The highest BCUT2D eigenvalue weighted by Gasteiger charge is 2.10. The first-order valence-electron chi connectivity index (χ1n) is 8.16. The fraction of sp³-hybridized carbons (Fsp3) is 0.211. The summed E-state index contributed by atoms with van der Waals surface area (Å²) in [5.74, 6) is 0.565. The highest BCUT2D eigenvalue weighted by molar-refractivity contribution is 9.10. The van der Waals surface area contributed by atoms with Crippen molar-refractivity contribution < 1.29 is 19.1 Å². The molecule has 0 aromatic heterocycles. The van der Waals surface area contributed by atoms with Crippen LogP contribution in [0.5, 0.6) is 11.5 Å². The third-order valence-electron chi connectivity index (χ3n) is 3.36. The second-order valence-corrected chi connectivity index (χ2v) is 6.28. The fourth-order valence-electron chi connectivity index (χ4n) is 2.29. The average molecular weight is 434 g/mol. The number of amides is 2. The zero-order valence-electron chi connectivity index (χ0n) is 15.2. The number of methoxy groups -OCH3 is 1. The van der Waals surface area contributed by atoms with Gasteiger partial charge in [-0.1, -0.05) is 6.07 Å². The van der Waals surface area contributed by atoms with E-state index in [1.807, 2.05) is 6.92 Å². The molecule has 8 heteroatoms. The third kappa shape index (κ3) is 5.82. The molecule has 2 aromatic carbocycles. The number of hydrogen-bond acceptors (Lipinski definition) is 5. The van der Waals surface area contributed by atoms with Crippen molar-refractivity contribution in [3.8, 4) is 11.5 Å². The molecule has 7 nitrogen and oxygen atoms in total. The van der Waals surface area contributed by atoms with E-state index in [4.69, 9.17) is 9.47 Å². The molecule has 0 fully saturated rings. The third-order valence-corrected chi connectivity index (χ3v) is 3.95. The molecule has 0 aliphatic carbocycles. The van der Waals surface area contributed by atoms with Gasteiger partial charge in [-0.2, -0.15) is 5.10 Å². The lowest BCUT2D eigenvalue weighted by Gasteiger charge is -2.11. The van der Waals surface area contributed by atoms with Gasteiger partial charge in [0.15, 0.2) is 11.5 Å². The summed E-state index contributed by atoms with van der Waals surface area (Å²) in [6.07, 6.45) is 1.50. The lowest BCUT2D eigenvalue weighted by Crippen LogP contribution is -2.18. The Hall–Kier alpha value is -2.87. The largest absolute Gasteiger partial charge is 0.492 e. The molecule has 2 rings (SSSR count). The van der Waals surface area contributed by atoms with Gasteiger partial charge >= 0.3 is 0 Å². The molecule has 2 N–H and O–H groups in total. The number of nitrogens with zero attached hydrogens (tertiary/aromatic N) is 1. The van der Waals surface area contributed by atoms with Gasteiger partial charge in [-0.3, -0.25) is 9.59 Å². The SMILES string of the molecule is CCOc1cc(/C=N\NC(=O)c2cccc(NC(C)=O)c2)cc(Br)c1OC. The molecule has 142 valence electrons. The Morgan fingerprint density at radius 1 is 1.26 bits per heavy atom. The Bertz CT molecular complexity index is 868. The number of anilines is 1. The van der Waals surface area contributed by atoms with E-state index in [2.05, 4.69) is 31.8 Å². The number of halogens is 1. The van der Waals surface area contributed by atoms with Crippen molar-refractivity contribution >= 4 is 39.6 Å². The lowest BCUT2D eigenvalue weighted by atomic mass is 10.2. The van der Waals surface area contributed by atoms with E-state index < -0.39 is 5.91 Å². The summed E-state index contributed by atoms with van der Waals surface area (Å²) in [5.41, 5.74) is 4.10. The molecule has 0 atom stereocenters. The van der Waals surface area contributed by atoms with E-state index in [-0.39, 0.29) is 5.91 Å². The molecule has 0 bridgehead atoms. The van der Waals surface area contributed by atoms with Crippen LogP contribution in [0.3, 0.4) is 0 Å². The molecule has 0 unspecified atom stereocenters. The van der Waals surface area contributed by atoms with Crippen LogP contribution in [0.1, 0.15) is 29.8 Å². The van der Waals surface area contributed by atoms with Crippen molar-refractivity contribution in [2.45, 2.75) is 13.8 Å². The first kappa shape index (κ1) is 20.4. The Labute approximate surface area is 165 Å². The van der Waals surface area contributed by atoms with Crippen LogP contribution < -0.4 is 20.2 Å². The summed E-state index contributed by atoms with van der Waals surface area (Å²) >= 11 is 3.42. The summed E-state index contributed by atoms with van der Waals surface area (Å²) in [7, 11) is 1.56. The van der Waals surface area contributed by atoms with Crippen LogP contribution in [0, 0.1) is 0 Å². The van der Waals surface area contributed by atoms with E-state index in [1.165, 1.54) is 13.1 Å². The van der Waals surface area contributed by atoms with E-state index in [1.54, 1.807) is 43.5 Å². The van der Waals surface area contributed by atoms with E-state index >= 15 is 0 Å². The van der Waals surface area contributed by atoms with Gasteiger partial charge in [-0.05, 0) is 58.7 Å². The second-order valence-electron chi connectivity index (χ2n) is 5.43. The number of carbonyl (C=O) groups excluding carboxylic acids is 2. The summed E-state index contributed by atoms with van der Waals surface area (Å²) in [5, 5.41) is 6.61. The first-order valence-corrected chi connectivity index (χ1v) is 8.95. The van der Waals surface area contributed by atoms with Gasteiger partial charge in [0.05, 0.1) is 24.4 Å².